The van der Waals surface area contributed by atoms with Crippen molar-refractivity contribution in [2.24, 2.45) is 0 Å². The molecule has 2 aromatic rings. The molecule has 2 rings (SSSR count). The summed E-state index contributed by atoms with van der Waals surface area (Å²) in [6, 6.07) is 10.9. The molecule has 0 aliphatic rings. The van der Waals surface area contributed by atoms with E-state index in [0.29, 0.717) is 29.3 Å². The highest BCUT2D eigenvalue weighted by Gasteiger charge is 2.16. The number of benzene rings is 2. The maximum atomic E-state index is 12.5. The third kappa shape index (κ3) is 6.01. The van der Waals surface area contributed by atoms with E-state index in [1.165, 1.54) is 7.11 Å². The number of ether oxygens (including phenoxy) is 2. The molecule has 0 bridgehead atoms. The van der Waals surface area contributed by atoms with E-state index in [1.807, 2.05) is 39.0 Å². The molecule has 1 atom stereocenters. The standard InChI is InChI=1S/C22H28N2O4/c1-6-7-21(25)24-19-9-8-17(13-20(19)27-5)23-22(26)16(4)28-18-11-14(2)10-15(3)12-18/h8-13,16H,6-7H2,1-5H3,(H,23,26)(H,24,25). The fourth-order valence-electron chi connectivity index (χ4n) is 2.81. The van der Waals surface area contributed by atoms with Gasteiger partial charge in [-0.15, -0.1) is 0 Å². The maximum absolute atomic E-state index is 12.5. The minimum absolute atomic E-state index is 0.0759. The Balaban J connectivity index is 2.05. The molecule has 0 aliphatic carbocycles. The minimum atomic E-state index is -0.670. The molecule has 2 amide bonds. The zero-order valence-corrected chi connectivity index (χ0v) is 17.1. The van der Waals surface area contributed by atoms with Gasteiger partial charge in [-0.1, -0.05) is 13.0 Å². The molecule has 1 unspecified atom stereocenters. The lowest BCUT2D eigenvalue weighted by Gasteiger charge is -2.17. The van der Waals surface area contributed by atoms with Crippen molar-refractivity contribution in [3.05, 3.63) is 47.5 Å². The molecule has 0 heterocycles. The Labute approximate surface area is 166 Å². The van der Waals surface area contributed by atoms with Gasteiger partial charge in [-0.05, 0) is 62.6 Å². The van der Waals surface area contributed by atoms with E-state index < -0.39 is 6.10 Å². The number of rotatable bonds is 8. The number of amides is 2. The Morgan fingerprint density at radius 3 is 2.32 bits per heavy atom. The summed E-state index contributed by atoms with van der Waals surface area (Å²) in [6.45, 7) is 7.61. The summed E-state index contributed by atoms with van der Waals surface area (Å²) in [6.07, 6.45) is 0.534. The average molecular weight is 384 g/mol. The Kier molecular flexibility index (Phi) is 7.44. The number of methoxy groups -OCH3 is 1. The van der Waals surface area contributed by atoms with Crippen LogP contribution in [0.15, 0.2) is 36.4 Å². The fourth-order valence-corrected chi connectivity index (χ4v) is 2.81. The summed E-state index contributed by atoms with van der Waals surface area (Å²) in [7, 11) is 1.52. The van der Waals surface area contributed by atoms with Gasteiger partial charge < -0.3 is 20.1 Å². The second-order valence-corrected chi connectivity index (χ2v) is 6.79. The number of nitrogens with one attached hydrogen (secondary N) is 2. The number of carbonyl (C=O) groups excluding carboxylic acids is 2. The van der Waals surface area contributed by atoms with Gasteiger partial charge in [0.2, 0.25) is 5.91 Å². The van der Waals surface area contributed by atoms with Crippen LogP contribution in [0, 0.1) is 13.8 Å². The van der Waals surface area contributed by atoms with Crippen molar-refractivity contribution < 1.29 is 19.1 Å². The summed E-state index contributed by atoms with van der Waals surface area (Å²) in [4.78, 5) is 24.3. The quantitative estimate of drug-likeness (QED) is 0.705. The first-order valence-corrected chi connectivity index (χ1v) is 9.36. The Morgan fingerprint density at radius 2 is 1.71 bits per heavy atom. The van der Waals surface area contributed by atoms with Crippen molar-refractivity contribution in [3.63, 3.8) is 0 Å². The SMILES string of the molecule is CCCC(=O)Nc1ccc(NC(=O)C(C)Oc2cc(C)cc(C)c2)cc1OC. The maximum Gasteiger partial charge on any atom is 0.265 e. The predicted octanol–water partition coefficient (Wildman–Crippen LogP) is 4.46. The zero-order chi connectivity index (χ0) is 20.7. The molecule has 0 aliphatic heterocycles. The molecule has 28 heavy (non-hydrogen) atoms. The Hall–Kier alpha value is -3.02. The van der Waals surface area contributed by atoms with Gasteiger partial charge in [0, 0.05) is 18.2 Å². The molecule has 0 saturated heterocycles. The van der Waals surface area contributed by atoms with E-state index in [4.69, 9.17) is 9.47 Å². The van der Waals surface area contributed by atoms with Gasteiger partial charge in [-0.25, -0.2) is 0 Å². The molecule has 150 valence electrons. The van der Waals surface area contributed by atoms with Gasteiger partial charge in [0.1, 0.15) is 11.5 Å². The second-order valence-electron chi connectivity index (χ2n) is 6.79. The van der Waals surface area contributed by atoms with Gasteiger partial charge in [0.15, 0.2) is 6.10 Å². The molecular formula is C22H28N2O4. The third-order valence-electron chi connectivity index (χ3n) is 4.10. The number of anilines is 2. The minimum Gasteiger partial charge on any atom is -0.494 e. The van der Waals surface area contributed by atoms with Crippen molar-refractivity contribution in [1.82, 2.24) is 0 Å². The monoisotopic (exact) mass is 384 g/mol. The van der Waals surface area contributed by atoms with Crippen LogP contribution >= 0.6 is 0 Å². The number of carbonyl (C=O) groups is 2. The predicted molar refractivity (Wildman–Crippen MR) is 111 cm³/mol. The summed E-state index contributed by atoms with van der Waals surface area (Å²) in [5, 5.41) is 5.62. The molecule has 0 spiro atoms. The van der Waals surface area contributed by atoms with E-state index >= 15 is 0 Å². The van der Waals surface area contributed by atoms with Crippen molar-refractivity contribution in [2.45, 2.75) is 46.6 Å². The van der Waals surface area contributed by atoms with Gasteiger partial charge in [0.25, 0.3) is 5.91 Å². The molecule has 0 aromatic heterocycles. The summed E-state index contributed by atoms with van der Waals surface area (Å²) in [5.41, 5.74) is 3.28. The smallest absolute Gasteiger partial charge is 0.265 e. The summed E-state index contributed by atoms with van der Waals surface area (Å²) < 4.78 is 11.1. The molecular weight excluding hydrogens is 356 g/mol. The number of hydrogen-bond acceptors (Lipinski definition) is 4. The van der Waals surface area contributed by atoms with E-state index in [-0.39, 0.29) is 11.8 Å². The molecule has 0 radical (unpaired) electrons. The lowest BCUT2D eigenvalue weighted by Crippen LogP contribution is -2.30. The molecule has 6 nitrogen and oxygen atoms in total. The molecule has 6 heteroatoms. The first kappa shape index (κ1) is 21.3. The van der Waals surface area contributed by atoms with Gasteiger partial charge in [-0.2, -0.15) is 0 Å². The van der Waals surface area contributed by atoms with E-state index in [1.54, 1.807) is 25.1 Å². The van der Waals surface area contributed by atoms with Crippen LogP contribution in [-0.2, 0) is 9.59 Å². The highest BCUT2D eigenvalue weighted by molar-refractivity contribution is 5.96. The zero-order valence-electron chi connectivity index (χ0n) is 17.1. The van der Waals surface area contributed by atoms with Crippen LogP contribution in [0.2, 0.25) is 0 Å². The highest BCUT2D eigenvalue weighted by atomic mass is 16.5. The van der Waals surface area contributed by atoms with Crippen LogP contribution < -0.4 is 20.1 Å². The fraction of sp³-hybridized carbons (Fsp3) is 0.364. The van der Waals surface area contributed by atoms with Crippen molar-refractivity contribution in [3.8, 4) is 11.5 Å². The van der Waals surface area contributed by atoms with Crippen molar-refractivity contribution in [1.29, 1.82) is 0 Å². The van der Waals surface area contributed by atoms with Crippen LogP contribution in [0.4, 0.5) is 11.4 Å². The summed E-state index contributed by atoms with van der Waals surface area (Å²) >= 11 is 0. The number of hydrogen-bond donors (Lipinski definition) is 2. The molecule has 0 fully saturated rings. The normalized spacial score (nSPS) is 11.5. The second kappa shape index (κ2) is 9.78. The van der Waals surface area contributed by atoms with E-state index in [0.717, 1.165) is 17.5 Å². The van der Waals surface area contributed by atoms with Gasteiger partial charge >= 0.3 is 0 Å². The first-order valence-electron chi connectivity index (χ1n) is 9.36. The van der Waals surface area contributed by atoms with Crippen LogP contribution in [0.25, 0.3) is 0 Å². The van der Waals surface area contributed by atoms with E-state index in [2.05, 4.69) is 10.6 Å². The Bertz CT molecular complexity index is 828. The van der Waals surface area contributed by atoms with Crippen LogP contribution in [0.1, 0.15) is 37.8 Å². The molecule has 2 aromatic carbocycles. The summed E-state index contributed by atoms with van der Waals surface area (Å²) in [5.74, 6) is 0.786. The largest absolute Gasteiger partial charge is 0.494 e. The lowest BCUT2D eigenvalue weighted by atomic mass is 10.1. The van der Waals surface area contributed by atoms with Gasteiger partial charge in [-0.3, -0.25) is 9.59 Å². The van der Waals surface area contributed by atoms with Crippen LogP contribution in [0.3, 0.4) is 0 Å². The molecule has 2 N–H and O–H groups in total. The van der Waals surface area contributed by atoms with E-state index in [9.17, 15) is 9.59 Å². The lowest BCUT2D eigenvalue weighted by molar-refractivity contribution is -0.122. The Morgan fingerprint density at radius 1 is 1.04 bits per heavy atom. The number of aryl methyl sites for hydroxylation is 2. The third-order valence-corrected chi connectivity index (χ3v) is 4.10. The van der Waals surface area contributed by atoms with Crippen molar-refractivity contribution in [2.75, 3.05) is 17.7 Å². The van der Waals surface area contributed by atoms with Gasteiger partial charge in [0.05, 0.1) is 12.8 Å². The first-order chi connectivity index (χ1) is 13.3. The highest BCUT2D eigenvalue weighted by Crippen LogP contribution is 2.28. The average Bonchev–Trinajstić information content (AvgIpc) is 2.62. The molecule has 0 saturated carbocycles. The topological polar surface area (TPSA) is 76.7 Å². The van der Waals surface area contributed by atoms with Crippen LogP contribution in [0.5, 0.6) is 11.5 Å². The van der Waals surface area contributed by atoms with Crippen molar-refractivity contribution >= 4 is 23.2 Å². The van der Waals surface area contributed by atoms with Crippen LogP contribution in [-0.4, -0.2) is 25.0 Å².